The van der Waals surface area contributed by atoms with Gasteiger partial charge >= 0.3 is 0 Å². The summed E-state index contributed by atoms with van der Waals surface area (Å²) in [5.74, 6) is 0.0620. The standard InChI is InChI=1S/C19H33N3O/c1-6-9-14-21(7-2)15-19(23)20-17-10-12-18(13-11-17)22(8-3)16(4)5/h10-13,16H,6-9,14-15H2,1-5H3,(H,20,23). The molecule has 1 aromatic carbocycles. The van der Waals surface area contributed by atoms with E-state index in [1.807, 2.05) is 12.1 Å². The van der Waals surface area contributed by atoms with Gasteiger partial charge in [0.2, 0.25) is 5.91 Å². The number of nitrogens with one attached hydrogen (secondary N) is 1. The minimum atomic E-state index is 0.0620. The lowest BCUT2D eigenvalue weighted by Gasteiger charge is -2.27. The van der Waals surface area contributed by atoms with Crippen LogP contribution < -0.4 is 10.2 Å². The molecule has 0 aliphatic carbocycles. The molecule has 0 atom stereocenters. The first-order valence-electron chi connectivity index (χ1n) is 8.90. The summed E-state index contributed by atoms with van der Waals surface area (Å²) in [6, 6.07) is 8.60. The van der Waals surface area contributed by atoms with Crippen molar-refractivity contribution in [2.24, 2.45) is 0 Å². The Bertz CT molecular complexity index is 456. The molecule has 130 valence electrons. The van der Waals surface area contributed by atoms with Crippen molar-refractivity contribution in [3.8, 4) is 0 Å². The molecule has 4 heteroatoms. The molecule has 0 aromatic heterocycles. The third kappa shape index (κ3) is 6.61. The van der Waals surface area contributed by atoms with Gasteiger partial charge in [-0.25, -0.2) is 0 Å². The summed E-state index contributed by atoms with van der Waals surface area (Å²) in [6.45, 7) is 14.1. The predicted molar refractivity (Wildman–Crippen MR) is 100 cm³/mol. The number of rotatable bonds is 10. The van der Waals surface area contributed by atoms with E-state index in [-0.39, 0.29) is 5.91 Å². The van der Waals surface area contributed by atoms with Crippen LogP contribution in [0.3, 0.4) is 0 Å². The summed E-state index contributed by atoms with van der Waals surface area (Å²) < 4.78 is 0. The molecule has 4 nitrogen and oxygen atoms in total. The van der Waals surface area contributed by atoms with Crippen LogP contribution in [-0.4, -0.2) is 43.0 Å². The fourth-order valence-electron chi connectivity index (χ4n) is 2.72. The minimum absolute atomic E-state index is 0.0620. The lowest BCUT2D eigenvalue weighted by Crippen LogP contribution is -2.33. The molecule has 1 amide bonds. The fraction of sp³-hybridized carbons (Fsp3) is 0.632. The highest BCUT2D eigenvalue weighted by Crippen LogP contribution is 2.19. The van der Waals surface area contributed by atoms with Crippen molar-refractivity contribution in [3.05, 3.63) is 24.3 Å². The van der Waals surface area contributed by atoms with Crippen molar-refractivity contribution >= 4 is 17.3 Å². The molecule has 0 aliphatic heterocycles. The van der Waals surface area contributed by atoms with Crippen molar-refractivity contribution in [1.82, 2.24) is 4.90 Å². The van der Waals surface area contributed by atoms with E-state index in [1.54, 1.807) is 0 Å². The Labute approximate surface area is 141 Å². The predicted octanol–water partition coefficient (Wildman–Crippen LogP) is 3.98. The summed E-state index contributed by atoms with van der Waals surface area (Å²) >= 11 is 0. The Morgan fingerprint density at radius 3 is 2.22 bits per heavy atom. The lowest BCUT2D eigenvalue weighted by atomic mass is 10.2. The highest BCUT2D eigenvalue weighted by atomic mass is 16.2. The Morgan fingerprint density at radius 2 is 1.74 bits per heavy atom. The SMILES string of the molecule is CCCCN(CC)CC(=O)Nc1ccc(N(CC)C(C)C)cc1. The largest absolute Gasteiger partial charge is 0.369 e. The zero-order valence-corrected chi connectivity index (χ0v) is 15.4. The fourth-order valence-corrected chi connectivity index (χ4v) is 2.72. The molecule has 0 fully saturated rings. The van der Waals surface area contributed by atoms with Gasteiger partial charge in [0.25, 0.3) is 0 Å². The molecule has 1 rings (SSSR count). The summed E-state index contributed by atoms with van der Waals surface area (Å²) in [6.07, 6.45) is 2.29. The smallest absolute Gasteiger partial charge is 0.238 e. The maximum absolute atomic E-state index is 12.2. The van der Waals surface area contributed by atoms with Crippen molar-refractivity contribution < 1.29 is 4.79 Å². The van der Waals surface area contributed by atoms with E-state index < -0.39 is 0 Å². The average Bonchev–Trinajstić information content (AvgIpc) is 2.53. The topological polar surface area (TPSA) is 35.6 Å². The molecular weight excluding hydrogens is 286 g/mol. The van der Waals surface area contributed by atoms with Gasteiger partial charge in [-0.15, -0.1) is 0 Å². The van der Waals surface area contributed by atoms with E-state index in [9.17, 15) is 4.79 Å². The van der Waals surface area contributed by atoms with Gasteiger partial charge in [0.15, 0.2) is 0 Å². The number of carbonyl (C=O) groups is 1. The second-order valence-corrected chi connectivity index (χ2v) is 6.20. The van der Waals surface area contributed by atoms with Gasteiger partial charge in [0.1, 0.15) is 0 Å². The monoisotopic (exact) mass is 319 g/mol. The number of hydrogen-bond donors (Lipinski definition) is 1. The quantitative estimate of drug-likeness (QED) is 0.708. The first-order chi connectivity index (χ1) is 11.0. The number of anilines is 2. The van der Waals surface area contributed by atoms with Gasteiger partial charge in [-0.3, -0.25) is 9.69 Å². The van der Waals surface area contributed by atoms with Crippen molar-refractivity contribution in [2.75, 3.05) is 36.4 Å². The molecule has 0 spiro atoms. The third-order valence-corrected chi connectivity index (χ3v) is 4.09. The average molecular weight is 319 g/mol. The number of amides is 1. The second kappa shape index (κ2) is 10.3. The Morgan fingerprint density at radius 1 is 1.09 bits per heavy atom. The van der Waals surface area contributed by atoms with Gasteiger partial charge < -0.3 is 10.2 Å². The van der Waals surface area contributed by atoms with E-state index in [0.29, 0.717) is 12.6 Å². The molecule has 0 saturated carbocycles. The molecule has 1 aromatic rings. The van der Waals surface area contributed by atoms with Crippen LogP contribution in [0, 0.1) is 0 Å². The number of unbranched alkanes of at least 4 members (excludes halogenated alkanes) is 1. The molecule has 0 radical (unpaired) electrons. The number of likely N-dealkylation sites (N-methyl/N-ethyl adjacent to an activating group) is 1. The molecule has 0 aliphatic rings. The summed E-state index contributed by atoms with van der Waals surface area (Å²) in [5, 5.41) is 3.00. The molecule has 0 unspecified atom stereocenters. The van der Waals surface area contributed by atoms with Crippen molar-refractivity contribution in [2.45, 2.75) is 53.5 Å². The van der Waals surface area contributed by atoms with Crippen LogP contribution in [0.25, 0.3) is 0 Å². The first-order valence-corrected chi connectivity index (χ1v) is 8.90. The van der Waals surface area contributed by atoms with Crippen molar-refractivity contribution in [3.63, 3.8) is 0 Å². The molecule has 0 bridgehead atoms. The van der Waals surface area contributed by atoms with Crippen LogP contribution in [0.5, 0.6) is 0 Å². The van der Waals surface area contributed by atoms with Crippen LogP contribution in [-0.2, 0) is 4.79 Å². The van der Waals surface area contributed by atoms with Crippen LogP contribution in [0.2, 0.25) is 0 Å². The number of carbonyl (C=O) groups excluding carboxylic acids is 1. The van der Waals surface area contributed by atoms with Crippen LogP contribution in [0.4, 0.5) is 11.4 Å². The number of benzene rings is 1. The highest BCUT2D eigenvalue weighted by molar-refractivity contribution is 5.92. The summed E-state index contributed by atoms with van der Waals surface area (Å²) in [5.41, 5.74) is 2.06. The molecule has 0 saturated heterocycles. The Hall–Kier alpha value is -1.55. The molecule has 1 N–H and O–H groups in total. The van der Waals surface area contributed by atoms with Gasteiger partial charge in [-0.05, 0) is 64.5 Å². The minimum Gasteiger partial charge on any atom is -0.369 e. The van der Waals surface area contributed by atoms with E-state index in [4.69, 9.17) is 0 Å². The van der Waals surface area contributed by atoms with Crippen LogP contribution in [0.1, 0.15) is 47.5 Å². The van der Waals surface area contributed by atoms with Gasteiger partial charge in [0.05, 0.1) is 6.54 Å². The normalized spacial score (nSPS) is 11.1. The van der Waals surface area contributed by atoms with Crippen LogP contribution in [0.15, 0.2) is 24.3 Å². The highest BCUT2D eigenvalue weighted by Gasteiger charge is 2.10. The molecular formula is C19H33N3O. The summed E-state index contributed by atoms with van der Waals surface area (Å²) in [4.78, 5) is 16.7. The number of hydrogen-bond acceptors (Lipinski definition) is 3. The number of nitrogens with zero attached hydrogens (tertiary/aromatic N) is 2. The zero-order valence-electron chi connectivity index (χ0n) is 15.4. The molecule has 0 heterocycles. The molecule has 23 heavy (non-hydrogen) atoms. The van der Waals surface area contributed by atoms with Gasteiger partial charge in [0, 0.05) is 24.0 Å². The summed E-state index contributed by atoms with van der Waals surface area (Å²) in [7, 11) is 0. The Kier molecular flexibility index (Phi) is 8.70. The first kappa shape index (κ1) is 19.5. The van der Waals surface area contributed by atoms with Gasteiger partial charge in [-0.2, -0.15) is 0 Å². The van der Waals surface area contributed by atoms with E-state index in [1.165, 1.54) is 5.69 Å². The zero-order chi connectivity index (χ0) is 17.2. The maximum atomic E-state index is 12.2. The maximum Gasteiger partial charge on any atom is 0.238 e. The van der Waals surface area contributed by atoms with Crippen LogP contribution >= 0.6 is 0 Å². The second-order valence-electron chi connectivity index (χ2n) is 6.20. The van der Waals surface area contributed by atoms with Gasteiger partial charge in [-0.1, -0.05) is 20.3 Å². The third-order valence-electron chi connectivity index (χ3n) is 4.09. The van der Waals surface area contributed by atoms with E-state index in [0.717, 1.165) is 38.2 Å². The van der Waals surface area contributed by atoms with E-state index in [2.05, 4.69) is 61.9 Å². The van der Waals surface area contributed by atoms with Crippen molar-refractivity contribution in [1.29, 1.82) is 0 Å². The van der Waals surface area contributed by atoms with E-state index >= 15 is 0 Å². The lowest BCUT2D eigenvalue weighted by molar-refractivity contribution is -0.117. The Balaban J connectivity index is 2.58.